The maximum absolute atomic E-state index is 12.5. The van der Waals surface area contributed by atoms with E-state index in [4.69, 9.17) is 9.72 Å². The van der Waals surface area contributed by atoms with Crippen molar-refractivity contribution < 1.29 is 13.2 Å². The number of aryl methyl sites for hydroxylation is 3. The van der Waals surface area contributed by atoms with Gasteiger partial charge in [0.05, 0.1) is 24.7 Å². The van der Waals surface area contributed by atoms with Gasteiger partial charge in [0, 0.05) is 36.9 Å². The molecule has 0 amide bonds. The first-order chi connectivity index (χ1) is 12.1. The highest BCUT2D eigenvalue weighted by atomic mass is 32.2. The van der Waals surface area contributed by atoms with Crippen molar-refractivity contribution in [3.63, 3.8) is 0 Å². The summed E-state index contributed by atoms with van der Waals surface area (Å²) in [5, 5.41) is 0.903. The van der Waals surface area contributed by atoms with Crippen molar-refractivity contribution in [2.24, 2.45) is 0 Å². The lowest BCUT2D eigenvalue weighted by Gasteiger charge is -2.26. The lowest BCUT2D eigenvalue weighted by molar-refractivity contribution is 0.0730. The number of ether oxygens (including phenoxy) is 1. The Hall–Kier alpha value is -1.29. The Labute approximate surface area is 151 Å². The molecule has 0 radical (unpaired) electrons. The summed E-state index contributed by atoms with van der Waals surface area (Å²) >= 11 is 1.70. The summed E-state index contributed by atoms with van der Waals surface area (Å²) in [6, 6.07) is 0. The maximum atomic E-state index is 12.5. The van der Waals surface area contributed by atoms with Crippen LogP contribution < -0.4 is 0 Å². The van der Waals surface area contributed by atoms with Crippen molar-refractivity contribution in [3.8, 4) is 10.8 Å². The van der Waals surface area contributed by atoms with Crippen molar-refractivity contribution in [3.05, 3.63) is 23.0 Å². The van der Waals surface area contributed by atoms with Crippen LogP contribution in [0.4, 0.5) is 0 Å². The van der Waals surface area contributed by atoms with Gasteiger partial charge in [0.1, 0.15) is 0 Å². The zero-order valence-corrected chi connectivity index (χ0v) is 15.7. The van der Waals surface area contributed by atoms with Gasteiger partial charge in [0.15, 0.2) is 10.8 Å². The van der Waals surface area contributed by atoms with Crippen molar-refractivity contribution in [1.82, 2.24) is 18.8 Å². The maximum Gasteiger partial charge on any atom is 0.216 e. The molecular weight excluding hydrogens is 360 g/mol. The third-order valence-corrected chi connectivity index (χ3v) is 7.71. The molecule has 0 saturated carbocycles. The van der Waals surface area contributed by atoms with Gasteiger partial charge in [-0.05, 0) is 25.7 Å². The van der Waals surface area contributed by atoms with Crippen LogP contribution >= 0.6 is 11.3 Å². The van der Waals surface area contributed by atoms with Crippen LogP contribution in [0.25, 0.3) is 10.8 Å². The summed E-state index contributed by atoms with van der Waals surface area (Å²) in [4.78, 5) is 10.5. The average Bonchev–Trinajstić information content (AvgIpc) is 3.27. The Kier molecular flexibility index (Phi) is 4.90. The standard InChI is InChI=1S/C16H22N4O3S2/c21-25(22,20-7-10-23-11-8-20)12-9-19-6-5-17-15(19)16-18-13-3-1-2-4-14(13)24-16/h5-6H,1-4,7-12H2. The number of rotatable bonds is 5. The molecule has 7 nitrogen and oxygen atoms in total. The van der Waals surface area contributed by atoms with E-state index in [0.29, 0.717) is 32.8 Å². The van der Waals surface area contributed by atoms with E-state index in [1.54, 1.807) is 17.5 Å². The summed E-state index contributed by atoms with van der Waals surface area (Å²) in [5.41, 5.74) is 1.20. The van der Waals surface area contributed by atoms with Crippen molar-refractivity contribution in [2.75, 3.05) is 32.1 Å². The molecule has 1 aliphatic heterocycles. The number of sulfonamides is 1. The topological polar surface area (TPSA) is 77.3 Å². The number of aromatic nitrogens is 3. The molecule has 25 heavy (non-hydrogen) atoms. The number of thiazole rings is 1. The Morgan fingerprint density at radius 1 is 1.20 bits per heavy atom. The minimum Gasteiger partial charge on any atom is -0.379 e. The Morgan fingerprint density at radius 3 is 2.80 bits per heavy atom. The van der Waals surface area contributed by atoms with Gasteiger partial charge in [0.2, 0.25) is 10.0 Å². The highest BCUT2D eigenvalue weighted by Gasteiger charge is 2.25. The monoisotopic (exact) mass is 382 g/mol. The van der Waals surface area contributed by atoms with E-state index in [0.717, 1.165) is 23.7 Å². The molecule has 9 heteroatoms. The fraction of sp³-hybridized carbons (Fsp3) is 0.625. The molecule has 1 fully saturated rings. The molecule has 2 aliphatic rings. The van der Waals surface area contributed by atoms with E-state index in [-0.39, 0.29) is 5.75 Å². The van der Waals surface area contributed by atoms with Crippen LogP contribution in [0.3, 0.4) is 0 Å². The molecule has 0 unspecified atom stereocenters. The molecule has 3 heterocycles. The SMILES string of the molecule is O=S(=O)(CCn1ccnc1-c1nc2c(s1)CCCC2)N1CCOCC1. The fourth-order valence-electron chi connectivity index (χ4n) is 3.30. The summed E-state index contributed by atoms with van der Waals surface area (Å²) in [6.45, 7) is 2.22. The largest absolute Gasteiger partial charge is 0.379 e. The molecule has 0 aromatic carbocycles. The Bertz CT molecular complexity index is 814. The Morgan fingerprint density at radius 2 is 2.00 bits per heavy atom. The van der Waals surface area contributed by atoms with Gasteiger partial charge in [-0.3, -0.25) is 0 Å². The minimum atomic E-state index is -3.27. The molecule has 136 valence electrons. The Balaban J connectivity index is 1.49. The van der Waals surface area contributed by atoms with Gasteiger partial charge in [0.25, 0.3) is 0 Å². The third kappa shape index (κ3) is 3.64. The lowest BCUT2D eigenvalue weighted by atomic mass is 10.0. The fourth-order valence-corrected chi connectivity index (χ4v) is 5.86. The molecule has 0 N–H and O–H groups in total. The zero-order chi connectivity index (χ0) is 17.3. The molecule has 2 aromatic heterocycles. The van der Waals surface area contributed by atoms with Crippen molar-refractivity contribution in [2.45, 2.75) is 32.2 Å². The highest BCUT2D eigenvalue weighted by molar-refractivity contribution is 7.89. The van der Waals surface area contributed by atoms with E-state index in [1.807, 2.05) is 10.8 Å². The number of fused-ring (bicyclic) bond motifs is 1. The molecule has 1 saturated heterocycles. The number of imidazole rings is 1. The van der Waals surface area contributed by atoms with Gasteiger partial charge in [-0.2, -0.15) is 4.31 Å². The van der Waals surface area contributed by atoms with Crippen molar-refractivity contribution >= 4 is 21.4 Å². The lowest BCUT2D eigenvalue weighted by Crippen LogP contribution is -2.42. The van der Waals surface area contributed by atoms with Crippen LogP contribution in [0.15, 0.2) is 12.4 Å². The summed E-state index contributed by atoms with van der Waals surface area (Å²) in [5.74, 6) is 0.845. The van der Waals surface area contributed by atoms with Gasteiger partial charge >= 0.3 is 0 Å². The van der Waals surface area contributed by atoms with Crippen LogP contribution in [-0.2, 0) is 34.1 Å². The van der Waals surface area contributed by atoms with E-state index in [1.165, 1.54) is 27.7 Å². The van der Waals surface area contributed by atoms with Crippen LogP contribution in [0.1, 0.15) is 23.4 Å². The van der Waals surface area contributed by atoms with Gasteiger partial charge in [-0.1, -0.05) is 0 Å². The predicted molar refractivity (Wildman–Crippen MR) is 96.2 cm³/mol. The average molecular weight is 383 g/mol. The number of hydrogen-bond donors (Lipinski definition) is 0. The van der Waals surface area contributed by atoms with Gasteiger partial charge in [-0.15, -0.1) is 11.3 Å². The predicted octanol–water partition coefficient (Wildman–Crippen LogP) is 1.55. The third-order valence-electron chi connectivity index (χ3n) is 4.71. The normalized spacial score (nSPS) is 19.0. The van der Waals surface area contributed by atoms with Gasteiger partial charge < -0.3 is 9.30 Å². The van der Waals surface area contributed by atoms with E-state index in [2.05, 4.69) is 4.98 Å². The first-order valence-electron chi connectivity index (χ1n) is 8.69. The summed E-state index contributed by atoms with van der Waals surface area (Å²) in [6.07, 6.45) is 8.11. The molecule has 0 atom stereocenters. The second-order valence-corrected chi connectivity index (χ2v) is 9.54. The first-order valence-corrected chi connectivity index (χ1v) is 11.1. The molecule has 1 aliphatic carbocycles. The minimum absolute atomic E-state index is 0.0709. The second kappa shape index (κ2) is 7.14. The smallest absolute Gasteiger partial charge is 0.216 e. The van der Waals surface area contributed by atoms with Crippen molar-refractivity contribution in [1.29, 1.82) is 0 Å². The van der Waals surface area contributed by atoms with Crippen LogP contribution in [0, 0.1) is 0 Å². The second-order valence-electron chi connectivity index (χ2n) is 6.37. The molecule has 0 spiro atoms. The molecule has 2 aromatic rings. The number of nitrogens with zero attached hydrogens (tertiary/aromatic N) is 4. The molecule has 4 rings (SSSR count). The zero-order valence-electron chi connectivity index (χ0n) is 14.1. The van der Waals surface area contributed by atoms with E-state index in [9.17, 15) is 8.42 Å². The first kappa shape index (κ1) is 17.1. The number of morpholine rings is 1. The molecule has 0 bridgehead atoms. The molecular formula is C16H22N4O3S2. The quantitative estimate of drug-likeness (QED) is 0.784. The van der Waals surface area contributed by atoms with E-state index >= 15 is 0 Å². The highest BCUT2D eigenvalue weighted by Crippen LogP contribution is 2.31. The van der Waals surface area contributed by atoms with E-state index < -0.39 is 10.0 Å². The van der Waals surface area contributed by atoms with Crippen LogP contribution in [0.2, 0.25) is 0 Å². The summed E-state index contributed by atoms with van der Waals surface area (Å²) in [7, 11) is -3.27. The van der Waals surface area contributed by atoms with Crippen LogP contribution in [0.5, 0.6) is 0 Å². The van der Waals surface area contributed by atoms with Gasteiger partial charge in [-0.25, -0.2) is 18.4 Å². The number of hydrogen-bond acceptors (Lipinski definition) is 6. The van der Waals surface area contributed by atoms with Crippen LogP contribution in [-0.4, -0.2) is 59.3 Å². The summed E-state index contributed by atoms with van der Waals surface area (Å²) < 4.78 is 33.7.